The molecule has 2 aromatic heterocycles. The van der Waals surface area contributed by atoms with E-state index in [4.69, 9.17) is 9.72 Å². The summed E-state index contributed by atoms with van der Waals surface area (Å²) in [6.45, 7) is 2.38. The Kier molecular flexibility index (Phi) is 6.01. The van der Waals surface area contributed by atoms with Crippen LogP contribution in [0.2, 0.25) is 0 Å². The number of benzene rings is 3. The van der Waals surface area contributed by atoms with E-state index < -0.39 is 5.31 Å². The van der Waals surface area contributed by atoms with E-state index in [2.05, 4.69) is 57.8 Å². The van der Waals surface area contributed by atoms with E-state index >= 15 is 0 Å². The standard InChI is InChI=1S/C27H22BrN2O2PS/c1-2-32-26-25(29-27-30(26)18-19-34-27)24(20-31)33(28,21-12-6-3-7-13-21,22-14-8-4-9-15-22)23-16-10-5-11-17-23/h3-19H,2H2,1H3. The molecular formula is C27H22BrN2O2PS. The topological polar surface area (TPSA) is 43.6 Å². The molecule has 0 aliphatic rings. The van der Waals surface area contributed by atoms with E-state index in [0.29, 0.717) is 23.5 Å². The summed E-state index contributed by atoms with van der Waals surface area (Å²) in [5, 5.41) is 1.61. The van der Waals surface area contributed by atoms with Crippen LogP contribution >= 0.6 is 32.1 Å². The minimum atomic E-state index is -3.77. The monoisotopic (exact) mass is 548 g/mol. The van der Waals surface area contributed by atoms with Gasteiger partial charge in [0.25, 0.3) is 0 Å². The van der Waals surface area contributed by atoms with Gasteiger partial charge in [-0.05, 0) is 0 Å². The van der Waals surface area contributed by atoms with Crippen LogP contribution in [-0.2, 0) is 4.79 Å². The van der Waals surface area contributed by atoms with Crippen molar-refractivity contribution in [3.63, 3.8) is 0 Å². The molecule has 0 saturated heterocycles. The maximum atomic E-state index is 13.2. The van der Waals surface area contributed by atoms with Crippen molar-refractivity contribution in [3.05, 3.63) is 108 Å². The number of thiazole rings is 1. The summed E-state index contributed by atoms with van der Waals surface area (Å²) >= 11 is 5.84. The van der Waals surface area contributed by atoms with Crippen molar-refractivity contribution >= 4 is 64.3 Å². The number of ether oxygens (including phenoxy) is 1. The Morgan fingerprint density at radius 2 is 1.44 bits per heavy atom. The molecule has 0 fully saturated rings. The van der Waals surface area contributed by atoms with Crippen molar-refractivity contribution in [3.8, 4) is 5.88 Å². The second-order valence-electron chi connectivity index (χ2n) is 7.72. The van der Waals surface area contributed by atoms with E-state index in [0.717, 1.165) is 20.9 Å². The molecule has 0 atom stereocenters. The molecular weight excluding hydrogens is 527 g/mol. The predicted molar refractivity (Wildman–Crippen MR) is 147 cm³/mol. The Balaban J connectivity index is 1.98. The van der Waals surface area contributed by atoms with E-state index in [9.17, 15) is 4.79 Å². The predicted octanol–water partition coefficient (Wildman–Crippen LogP) is 5.81. The maximum absolute atomic E-state index is 13.2. The van der Waals surface area contributed by atoms with Crippen LogP contribution in [0.25, 0.3) is 10.3 Å². The fraction of sp³-hybridized carbons (Fsp3) is 0.0741. The molecule has 0 aliphatic heterocycles. The van der Waals surface area contributed by atoms with Crippen LogP contribution in [0.4, 0.5) is 0 Å². The van der Waals surface area contributed by atoms with E-state index in [-0.39, 0.29) is 0 Å². The Bertz CT molecular complexity index is 1390. The van der Waals surface area contributed by atoms with Gasteiger partial charge < -0.3 is 0 Å². The summed E-state index contributed by atoms with van der Waals surface area (Å²) in [4.78, 5) is 18.8. The number of carbonyl (C=O) groups excluding carboxylic acids is 1. The third-order valence-electron chi connectivity index (χ3n) is 5.96. The quantitative estimate of drug-likeness (QED) is 0.190. The zero-order chi connectivity index (χ0) is 23.6. The number of fused-ring (bicyclic) bond motifs is 1. The van der Waals surface area contributed by atoms with Crippen molar-refractivity contribution in [1.29, 1.82) is 0 Å². The molecule has 0 amide bonds. The first-order chi connectivity index (χ1) is 16.6. The molecule has 4 nitrogen and oxygen atoms in total. The number of hydrogen-bond acceptors (Lipinski definition) is 4. The average Bonchev–Trinajstić information content (AvgIpc) is 3.49. The average molecular weight is 549 g/mol. The van der Waals surface area contributed by atoms with Crippen LogP contribution in [-0.4, -0.2) is 21.9 Å². The molecule has 0 spiro atoms. The first kappa shape index (κ1) is 22.8. The Labute approximate surface area is 210 Å². The number of hydrogen-bond donors (Lipinski definition) is 0. The minimum absolute atomic E-state index is 0.447. The number of nitrogens with zero attached hydrogens (tertiary/aromatic N) is 2. The second kappa shape index (κ2) is 8.98. The molecule has 0 N–H and O–H groups in total. The van der Waals surface area contributed by atoms with Gasteiger partial charge in [-0.15, -0.1) is 0 Å². The van der Waals surface area contributed by atoms with Gasteiger partial charge in [0, 0.05) is 0 Å². The molecule has 0 radical (unpaired) electrons. The second-order valence-corrected chi connectivity index (χ2v) is 16.9. The number of imidazole rings is 1. The molecule has 5 rings (SSSR count). The number of aromatic nitrogens is 2. The third-order valence-corrected chi connectivity index (χ3v) is 16.4. The van der Waals surface area contributed by atoms with Gasteiger partial charge in [-0.3, -0.25) is 0 Å². The summed E-state index contributed by atoms with van der Waals surface area (Å²) in [5.74, 6) is 2.92. The number of halogens is 1. The first-order valence-electron chi connectivity index (χ1n) is 10.9. The van der Waals surface area contributed by atoms with Crippen LogP contribution in [0, 0.1) is 0 Å². The summed E-state index contributed by atoms with van der Waals surface area (Å²) in [6.07, 6.45) is 1.92. The third kappa shape index (κ3) is 3.22. The van der Waals surface area contributed by atoms with Crippen LogP contribution in [0.1, 0.15) is 12.6 Å². The molecule has 5 aromatic rings. The molecule has 34 heavy (non-hydrogen) atoms. The van der Waals surface area contributed by atoms with Crippen LogP contribution < -0.4 is 20.7 Å². The first-order valence-corrected chi connectivity index (χ1v) is 16.0. The molecule has 3 aromatic carbocycles. The normalized spacial score (nSPS) is 12.6. The van der Waals surface area contributed by atoms with Crippen LogP contribution in [0.3, 0.4) is 0 Å². The summed E-state index contributed by atoms with van der Waals surface area (Å²) in [5.41, 5.74) is 0.509. The molecule has 0 saturated carbocycles. The van der Waals surface area contributed by atoms with Gasteiger partial charge in [0.05, 0.1) is 0 Å². The zero-order valence-electron chi connectivity index (χ0n) is 18.5. The van der Waals surface area contributed by atoms with Crippen LogP contribution in [0.15, 0.2) is 103 Å². The van der Waals surface area contributed by atoms with Gasteiger partial charge in [-0.25, -0.2) is 0 Å². The van der Waals surface area contributed by atoms with Crippen molar-refractivity contribution in [2.45, 2.75) is 6.92 Å². The SMILES string of the molecule is CCOc1c(C(=C=O)P(Br)(c2ccccc2)(c2ccccc2)c2ccccc2)nc2sccn12. The summed E-state index contributed by atoms with van der Waals surface area (Å²) in [7, 11) is 0. The molecule has 2 heterocycles. The summed E-state index contributed by atoms with van der Waals surface area (Å²) < 4.78 is 7.99. The van der Waals surface area contributed by atoms with E-state index in [1.807, 2.05) is 77.5 Å². The van der Waals surface area contributed by atoms with Gasteiger partial charge in [0.1, 0.15) is 0 Å². The van der Waals surface area contributed by atoms with E-state index in [1.165, 1.54) is 11.3 Å². The Morgan fingerprint density at radius 1 is 0.941 bits per heavy atom. The molecule has 0 aliphatic carbocycles. The Morgan fingerprint density at radius 3 is 1.88 bits per heavy atom. The van der Waals surface area contributed by atoms with Gasteiger partial charge >= 0.3 is 211 Å². The number of rotatable bonds is 7. The summed E-state index contributed by atoms with van der Waals surface area (Å²) in [6, 6.07) is 30.4. The van der Waals surface area contributed by atoms with Crippen LogP contribution in [0.5, 0.6) is 5.88 Å². The van der Waals surface area contributed by atoms with Crippen molar-refractivity contribution < 1.29 is 9.53 Å². The van der Waals surface area contributed by atoms with Gasteiger partial charge in [0.15, 0.2) is 0 Å². The molecule has 7 heteroatoms. The fourth-order valence-corrected chi connectivity index (χ4v) is 12.6. The zero-order valence-corrected chi connectivity index (χ0v) is 21.8. The fourth-order valence-electron chi connectivity index (χ4n) is 4.49. The molecule has 0 unspecified atom stereocenters. The van der Waals surface area contributed by atoms with Gasteiger partial charge in [-0.1, -0.05) is 0 Å². The molecule has 170 valence electrons. The van der Waals surface area contributed by atoms with Crippen molar-refractivity contribution in [1.82, 2.24) is 9.38 Å². The Hall–Kier alpha value is -3.01. The van der Waals surface area contributed by atoms with Gasteiger partial charge in [-0.2, -0.15) is 0 Å². The van der Waals surface area contributed by atoms with Crippen molar-refractivity contribution in [2.24, 2.45) is 0 Å². The van der Waals surface area contributed by atoms with Crippen molar-refractivity contribution in [2.75, 3.05) is 6.61 Å². The van der Waals surface area contributed by atoms with E-state index in [1.54, 1.807) is 0 Å². The van der Waals surface area contributed by atoms with Gasteiger partial charge in [0.2, 0.25) is 0 Å². The molecule has 0 bridgehead atoms.